The van der Waals surface area contributed by atoms with E-state index in [0.29, 0.717) is 0 Å². The van der Waals surface area contributed by atoms with E-state index in [2.05, 4.69) is 39.5 Å². The molecule has 1 fully saturated rings. The van der Waals surface area contributed by atoms with E-state index in [-0.39, 0.29) is 0 Å². The standard InChI is InChI=1S/C14H21N5/c1-18(6-5-11-8-15-19(2)9-11)10-13-7-14(17-16-13)12-3-4-12/h7-9,12H,3-6,10H2,1-2H3,(H,16,17). The Kier molecular flexibility index (Phi) is 3.38. The second-order valence-corrected chi connectivity index (χ2v) is 5.60. The number of hydrogen-bond donors (Lipinski definition) is 1. The van der Waals surface area contributed by atoms with Crippen LogP contribution in [0.2, 0.25) is 0 Å². The highest BCUT2D eigenvalue weighted by Crippen LogP contribution is 2.39. The van der Waals surface area contributed by atoms with Crippen molar-refractivity contribution in [2.45, 2.75) is 31.7 Å². The molecule has 0 atom stereocenters. The third kappa shape index (κ3) is 3.23. The molecule has 0 amide bonds. The van der Waals surface area contributed by atoms with Gasteiger partial charge in [-0.05, 0) is 37.9 Å². The van der Waals surface area contributed by atoms with Crippen LogP contribution in [0.15, 0.2) is 18.5 Å². The van der Waals surface area contributed by atoms with Crippen LogP contribution in [0.5, 0.6) is 0 Å². The van der Waals surface area contributed by atoms with Crippen molar-refractivity contribution >= 4 is 0 Å². The Morgan fingerprint density at radius 2 is 2.32 bits per heavy atom. The van der Waals surface area contributed by atoms with Gasteiger partial charge in [0.05, 0.1) is 11.9 Å². The van der Waals surface area contributed by atoms with Crippen molar-refractivity contribution in [3.63, 3.8) is 0 Å². The number of aromatic nitrogens is 4. The van der Waals surface area contributed by atoms with Gasteiger partial charge in [-0.3, -0.25) is 9.78 Å². The summed E-state index contributed by atoms with van der Waals surface area (Å²) in [5.74, 6) is 0.727. The normalized spacial score (nSPS) is 15.3. The summed E-state index contributed by atoms with van der Waals surface area (Å²) in [6.45, 7) is 1.96. The van der Waals surface area contributed by atoms with Crippen LogP contribution >= 0.6 is 0 Å². The molecule has 19 heavy (non-hydrogen) atoms. The Morgan fingerprint density at radius 1 is 1.47 bits per heavy atom. The van der Waals surface area contributed by atoms with E-state index in [4.69, 9.17) is 0 Å². The lowest BCUT2D eigenvalue weighted by Crippen LogP contribution is -2.20. The van der Waals surface area contributed by atoms with E-state index in [1.807, 2.05) is 17.9 Å². The maximum Gasteiger partial charge on any atom is 0.0656 e. The SMILES string of the molecule is CN(CCc1cnn(C)c1)Cc1cc(C2CC2)n[nH]1. The van der Waals surface area contributed by atoms with Crippen LogP contribution < -0.4 is 0 Å². The van der Waals surface area contributed by atoms with Gasteiger partial charge >= 0.3 is 0 Å². The predicted octanol–water partition coefficient (Wildman–Crippen LogP) is 1.70. The molecule has 2 aromatic rings. The van der Waals surface area contributed by atoms with Gasteiger partial charge in [-0.1, -0.05) is 0 Å². The van der Waals surface area contributed by atoms with Gasteiger partial charge in [0, 0.05) is 37.9 Å². The molecule has 0 unspecified atom stereocenters. The van der Waals surface area contributed by atoms with E-state index in [1.165, 1.54) is 29.8 Å². The summed E-state index contributed by atoms with van der Waals surface area (Å²) in [7, 11) is 4.10. The Morgan fingerprint density at radius 3 is 3.00 bits per heavy atom. The molecule has 2 aromatic heterocycles. The number of aromatic amines is 1. The zero-order chi connectivity index (χ0) is 13.2. The average molecular weight is 259 g/mol. The first-order chi connectivity index (χ1) is 9.20. The molecular weight excluding hydrogens is 238 g/mol. The average Bonchev–Trinajstić information content (AvgIpc) is 3.00. The van der Waals surface area contributed by atoms with Crippen molar-refractivity contribution in [2.24, 2.45) is 7.05 Å². The van der Waals surface area contributed by atoms with E-state index in [0.717, 1.165) is 25.4 Å². The molecule has 0 spiro atoms. The minimum atomic E-state index is 0.727. The topological polar surface area (TPSA) is 49.7 Å². The fraction of sp³-hybridized carbons (Fsp3) is 0.571. The molecule has 5 heteroatoms. The van der Waals surface area contributed by atoms with Crippen molar-refractivity contribution < 1.29 is 0 Å². The Hall–Kier alpha value is -1.62. The fourth-order valence-electron chi connectivity index (χ4n) is 2.34. The summed E-state index contributed by atoms with van der Waals surface area (Å²) in [4.78, 5) is 2.32. The molecule has 3 rings (SSSR count). The van der Waals surface area contributed by atoms with Crippen molar-refractivity contribution in [2.75, 3.05) is 13.6 Å². The quantitative estimate of drug-likeness (QED) is 0.859. The van der Waals surface area contributed by atoms with Crippen molar-refractivity contribution in [1.82, 2.24) is 24.9 Å². The van der Waals surface area contributed by atoms with Crippen molar-refractivity contribution in [1.29, 1.82) is 0 Å². The second kappa shape index (κ2) is 5.17. The molecule has 1 aliphatic carbocycles. The summed E-state index contributed by atoms with van der Waals surface area (Å²) in [5, 5.41) is 11.7. The lowest BCUT2D eigenvalue weighted by atomic mass is 10.2. The molecule has 1 aliphatic rings. The van der Waals surface area contributed by atoms with Crippen LogP contribution in [0.3, 0.4) is 0 Å². The van der Waals surface area contributed by atoms with Crippen LogP contribution in [0, 0.1) is 0 Å². The van der Waals surface area contributed by atoms with Gasteiger partial charge in [0.25, 0.3) is 0 Å². The van der Waals surface area contributed by atoms with E-state index >= 15 is 0 Å². The molecule has 5 nitrogen and oxygen atoms in total. The van der Waals surface area contributed by atoms with Crippen molar-refractivity contribution in [3.05, 3.63) is 35.4 Å². The van der Waals surface area contributed by atoms with Crippen LogP contribution in [0.1, 0.15) is 35.7 Å². The van der Waals surface area contributed by atoms with Crippen molar-refractivity contribution in [3.8, 4) is 0 Å². The third-order valence-electron chi connectivity index (χ3n) is 3.63. The minimum absolute atomic E-state index is 0.727. The number of rotatable bonds is 6. The number of H-pyrrole nitrogens is 1. The van der Waals surface area contributed by atoms with Gasteiger partial charge in [-0.2, -0.15) is 10.2 Å². The molecule has 0 saturated heterocycles. The number of nitrogens with one attached hydrogen (secondary N) is 1. The second-order valence-electron chi connectivity index (χ2n) is 5.60. The van der Waals surface area contributed by atoms with Gasteiger partial charge in [0.2, 0.25) is 0 Å². The van der Waals surface area contributed by atoms with E-state index < -0.39 is 0 Å². The van der Waals surface area contributed by atoms with Gasteiger partial charge in [-0.25, -0.2) is 0 Å². The minimum Gasteiger partial charge on any atom is -0.300 e. The fourth-order valence-corrected chi connectivity index (χ4v) is 2.34. The first-order valence-electron chi connectivity index (χ1n) is 6.91. The Balaban J connectivity index is 1.48. The maximum atomic E-state index is 4.39. The highest BCUT2D eigenvalue weighted by atomic mass is 15.2. The molecule has 0 radical (unpaired) electrons. The highest BCUT2D eigenvalue weighted by Gasteiger charge is 2.26. The van der Waals surface area contributed by atoms with Gasteiger partial charge in [0.1, 0.15) is 0 Å². The first-order valence-corrected chi connectivity index (χ1v) is 6.91. The van der Waals surface area contributed by atoms with E-state index in [1.54, 1.807) is 0 Å². The molecule has 0 bridgehead atoms. The van der Waals surface area contributed by atoms with Crippen LogP contribution in [0.25, 0.3) is 0 Å². The number of aryl methyl sites for hydroxylation is 1. The molecule has 1 N–H and O–H groups in total. The zero-order valence-corrected chi connectivity index (χ0v) is 11.6. The van der Waals surface area contributed by atoms with Gasteiger partial charge < -0.3 is 4.90 Å². The zero-order valence-electron chi connectivity index (χ0n) is 11.6. The summed E-state index contributed by atoms with van der Waals surface area (Å²) in [6.07, 6.45) is 7.67. The summed E-state index contributed by atoms with van der Waals surface area (Å²) in [6, 6.07) is 2.22. The highest BCUT2D eigenvalue weighted by molar-refractivity contribution is 5.17. The lowest BCUT2D eigenvalue weighted by Gasteiger charge is -2.14. The Labute approximate surface area is 113 Å². The van der Waals surface area contributed by atoms with Crippen LogP contribution in [0.4, 0.5) is 0 Å². The lowest BCUT2D eigenvalue weighted by molar-refractivity contribution is 0.327. The largest absolute Gasteiger partial charge is 0.300 e. The molecule has 102 valence electrons. The summed E-state index contributed by atoms with van der Waals surface area (Å²) in [5.41, 5.74) is 3.75. The predicted molar refractivity (Wildman–Crippen MR) is 73.8 cm³/mol. The van der Waals surface area contributed by atoms with Gasteiger partial charge in [0.15, 0.2) is 0 Å². The molecular formula is C14H21N5. The number of nitrogens with zero attached hydrogens (tertiary/aromatic N) is 4. The summed E-state index contributed by atoms with van der Waals surface area (Å²) < 4.78 is 1.85. The van der Waals surface area contributed by atoms with Crippen LogP contribution in [-0.2, 0) is 20.0 Å². The third-order valence-corrected chi connectivity index (χ3v) is 3.63. The molecule has 0 aliphatic heterocycles. The monoisotopic (exact) mass is 259 g/mol. The first kappa shape index (κ1) is 12.4. The molecule has 0 aromatic carbocycles. The molecule has 2 heterocycles. The number of hydrogen-bond acceptors (Lipinski definition) is 3. The number of likely N-dealkylation sites (N-methyl/N-ethyl adjacent to an activating group) is 1. The maximum absolute atomic E-state index is 4.39. The Bertz CT molecular complexity index is 538. The van der Waals surface area contributed by atoms with E-state index in [9.17, 15) is 0 Å². The smallest absolute Gasteiger partial charge is 0.0656 e. The van der Waals surface area contributed by atoms with Gasteiger partial charge in [-0.15, -0.1) is 0 Å². The molecule has 1 saturated carbocycles. The summed E-state index contributed by atoms with van der Waals surface area (Å²) >= 11 is 0. The van der Waals surface area contributed by atoms with Crippen LogP contribution in [-0.4, -0.2) is 38.5 Å².